The highest BCUT2D eigenvalue weighted by Gasteiger charge is 2.27. The summed E-state index contributed by atoms with van der Waals surface area (Å²) in [5.74, 6) is 0. The van der Waals surface area contributed by atoms with Gasteiger partial charge in [0.15, 0.2) is 11.4 Å². The molecule has 130 valence electrons. The molecule has 0 aliphatic rings. The maximum absolute atomic E-state index is 7.33. The van der Waals surface area contributed by atoms with E-state index in [2.05, 4.69) is 73.2 Å². The fraction of sp³-hybridized carbons (Fsp3) is 0.273. The van der Waals surface area contributed by atoms with Gasteiger partial charge in [0.05, 0.1) is 29.3 Å². The summed E-state index contributed by atoms with van der Waals surface area (Å²) in [6.45, 7) is 29.1. The van der Waals surface area contributed by atoms with Crippen molar-refractivity contribution in [3.63, 3.8) is 0 Å². The molecule has 4 heteroatoms. The normalized spacial score (nSPS) is 12.2. The van der Waals surface area contributed by atoms with E-state index in [1.165, 1.54) is 10.8 Å². The van der Waals surface area contributed by atoms with E-state index in [0.717, 1.165) is 10.8 Å². The van der Waals surface area contributed by atoms with Gasteiger partial charge < -0.3 is 0 Å². The maximum Gasteiger partial charge on any atom is 0.195 e. The van der Waals surface area contributed by atoms with Crippen molar-refractivity contribution in [2.75, 3.05) is 0 Å². The van der Waals surface area contributed by atoms with Crippen LogP contribution >= 0.6 is 0 Å². The fourth-order valence-electron chi connectivity index (χ4n) is 3.50. The molecular formula is C22H24N2Si2. The summed E-state index contributed by atoms with van der Waals surface area (Å²) in [5, 5.41) is 7.68. The highest BCUT2D eigenvalue weighted by atomic mass is 28.3. The van der Waals surface area contributed by atoms with Crippen molar-refractivity contribution in [1.29, 1.82) is 0 Å². The summed E-state index contributed by atoms with van der Waals surface area (Å²) in [7, 11) is -2.92. The van der Waals surface area contributed by atoms with E-state index in [1.807, 2.05) is 12.1 Å². The van der Waals surface area contributed by atoms with Gasteiger partial charge in [-0.25, -0.2) is 0 Å². The van der Waals surface area contributed by atoms with Crippen LogP contribution in [0.1, 0.15) is 0 Å². The first-order valence-electron chi connectivity index (χ1n) is 8.86. The molecular weight excluding hydrogens is 348 g/mol. The van der Waals surface area contributed by atoms with Gasteiger partial charge in [0.1, 0.15) is 0 Å². The summed E-state index contributed by atoms with van der Waals surface area (Å²) < 4.78 is 0. The number of fused-ring (bicyclic) bond motifs is 2. The molecule has 0 amide bonds. The molecule has 0 aromatic heterocycles. The molecule has 0 saturated carbocycles. The second kappa shape index (κ2) is 6.09. The molecule has 26 heavy (non-hydrogen) atoms. The molecule has 0 fully saturated rings. The van der Waals surface area contributed by atoms with Gasteiger partial charge in [-0.05, 0) is 33.7 Å². The standard InChI is InChI=1S/C22H24N2Si2/c1-23-19-11-15-9-17-13-21(25(3,4)5)22(26(6,7)8)14-18(17)10-16(15)12-20(19)24-2/h9-14H,3-8H3. The van der Waals surface area contributed by atoms with E-state index < -0.39 is 16.1 Å². The van der Waals surface area contributed by atoms with E-state index in [0.29, 0.717) is 11.4 Å². The van der Waals surface area contributed by atoms with Crippen LogP contribution in [0.25, 0.3) is 31.2 Å². The zero-order valence-corrected chi connectivity index (χ0v) is 18.4. The Balaban J connectivity index is 2.41. The largest absolute Gasteiger partial charge is 0.250 e. The minimum Gasteiger partial charge on any atom is -0.250 e. The van der Waals surface area contributed by atoms with Crippen molar-refractivity contribution in [1.82, 2.24) is 0 Å². The average Bonchev–Trinajstić information content (AvgIpc) is 2.55. The van der Waals surface area contributed by atoms with Crippen LogP contribution < -0.4 is 10.4 Å². The summed E-state index contributed by atoms with van der Waals surface area (Å²) in [5.41, 5.74) is 0.881. The topological polar surface area (TPSA) is 8.72 Å². The van der Waals surface area contributed by atoms with Crippen LogP contribution in [0.15, 0.2) is 36.4 Å². The highest BCUT2D eigenvalue weighted by Crippen LogP contribution is 2.35. The number of benzene rings is 3. The van der Waals surface area contributed by atoms with E-state index in [4.69, 9.17) is 13.1 Å². The molecule has 0 N–H and O–H groups in total. The summed E-state index contributed by atoms with van der Waals surface area (Å²) in [4.78, 5) is 7.05. The number of rotatable bonds is 2. The van der Waals surface area contributed by atoms with Gasteiger partial charge >= 0.3 is 0 Å². The van der Waals surface area contributed by atoms with E-state index in [1.54, 1.807) is 10.4 Å². The van der Waals surface area contributed by atoms with Gasteiger partial charge in [-0.2, -0.15) is 0 Å². The molecule has 0 radical (unpaired) electrons. The highest BCUT2D eigenvalue weighted by molar-refractivity contribution is 6.98. The van der Waals surface area contributed by atoms with Crippen LogP contribution in [0.5, 0.6) is 0 Å². The van der Waals surface area contributed by atoms with Crippen molar-refractivity contribution in [2.24, 2.45) is 0 Å². The Labute approximate surface area is 158 Å². The lowest BCUT2D eigenvalue weighted by molar-refractivity contribution is 1.69. The monoisotopic (exact) mass is 372 g/mol. The Hall–Kier alpha value is -2.41. The number of hydrogen-bond donors (Lipinski definition) is 0. The second-order valence-corrected chi connectivity index (χ2v) is 19.1. The molecule has 0 aliphatic heterocycles. The van der Waals surface area contributed by atoms with Gasteiger partial charge in [0.2, 0.25) is 0 Å². The Bertz CT molecular complexity index is 1030. The third-order valence-electron chi connectivity index (χ3n) is 4.88. The van der Waals surface area contributed by atoms with Gasteiger partial charge in [-0.1, -0.05) is 73.9 Å². The van der Waals surface area contributed by atoms with Crippen molar-refractivity contribution in [2.45, 2.75) is 39.3 Å². The van der Waals surface area contributed by atoms with Crippen LogP contribution in [-0.2, 0) is 0 Å². The van der Waals surface area contributed by atoms with Crippen LogP contribution in [0, 0.1) is 13.1 Å². The first kappa shape index (κ1) is 18.4. The van der Waals surface area contributed by atoms with Crippen molar-refractivity contribution in [3.05, 3.63) is 59.2 Å². The van der Waals surface area contributed by atoms with Crippen LogP contribution in [0.4, 0.5) is 11.4 Å². The Kier molecular flexibility index (Phi) is 4.31. The van der Waals surface area contributed by atoms with E-state index in [9.17, 15) is 0 Å². The SMILES string of the molecule is [C-]#[N+]c1cc2cc3cc([Si](C)(C)C)c([Si](C)(C)C)cc3cc2cc1[N+]#[C-]. The number of hydrogen-bond acceptors (Lipinski definition) is 0. The molecule has 3 aromatic carbocycles. The zero-order chi connectivity index (χ0) is 19.3. The molecule has 0 saturated heterocycles. The smallest absolute Gasteiger partial charge is 0.195 e. The van der Waals surface area contributed by atoms with Crippen molar-refractivity contribution < 1.29 is 0 Å². The molecule has 0 heterocycles. The third-order valence-corrected chi connectivity index (χ3v) is 9.19. The predicted octanol–water partition coefficient (Wildman–Crippen LogP) is 6.18. The first-order chi connectivity index (χ1) is 12.0. The molecule has 0 bridgehead atoms. The van der Waals surface area contributed by atoms with E-state index >= 15 is 0 Å². The lowest BCUT2D eigenvalue weighted by Crippen LogP contribution is -2.56. The molecule has 0 unspecified atom stereocenters. The number of nitrogens with zero attached hydrogens (tertiary/aromatic N) is 2. The quantitative estimate of drug-likeness (QED) is 0.288. The fourth-order valence-corrected chi connectivity index (χ4v) is 8.68. The summed E-state index contributed by atoms with van der Waals surface area (Å²) in [6.07, 6.45) is 0. The summed E-state index contributed by atoms with van der Waals surface area (Å²) >= 11 is 0. The second-order valence-electron chi connectivity index (χ2n) is 9.01. The maximum atomic E-state index is 7.33. The first-order valence-corrected chi connectivity index (χ1v) is 15.9. The molecule has 0 aliphatic carbocycles. The minimum absolute atomic E-state index is 0.441. The van der Waals surface area contributed by atoms with E-state index in [-0.39, 0.29) is 0 Å². The predicted molar refractivity (Wildman–Crippen MR) is 120 cm³/mol. The summed E-state index contributed by atoms with van der Waals surface area (Å²) in [6, 6.07) is 12.9. The molecule has 3 aromatic rings. The minimum atomic E-state index is -1.46. The van der Waals surface area contributed by atoms with Gasteiger partial charge in [0.25, 0.3) is 0 Å². The van der Waals surface area contributed by atoms with Crippen LogP contribution in [0.2, 0.25) is 39.3 Å². The lowest BCUT2D eigenvalue weighted by atomic mass is 10.0. The lowest BCUT2D eigenvalue weighted by Gasteiger charge is -2.28. The molecule has 0 atom stereocenters. The zero-order valence-electron chi connectivity index (χ0n) is 16.4. The van der Waals surface area contributed by atoms with Crippen LogP contribution in [-0.4, -0.2) is 16.1 Å². The Morgan fingerprint density at radius 3 is 1.12 bits per heavy atom. The molecule has 2 nitrogen and oxygen atoms in total. The average molecular weight is 373 g/mol. The third kappa shape index (κ3) is 3.19. The van der Waals surface area contributed by atoms with Crippen molar-refractivity contribution in [3.8, 4) is 0 Å². The van der Waals surface area contributed by atoms with Crippen LogP contribution in [0.3, 0.4) is 0 Å². The van der Waals surface area contributed by atoms with Crippen molar-refractivity contribution >= 4 is 59.4 Å². The van der Waals surface area contributed by atoms with Gasteiger partial charge in [-0.15, -0.1) is 0 Å². The molecule has 0 spiro atoms. The van der Waals surface area contributed by atoms with Gasteiger partial charge in [-0.3, -0.25) is 9.69 Å². The Morgan fingerprint density at radius 2 is 0.846 bits per heavy atom. The van der Waals surface area contributed by atoms with Gasteiger partial charge in [0, 0.05) is 0 Å². The Morgan fingerprint density at radius 1 is 0.538 bits per heavy atom. The molecule has 3 rings (SSSR count).